The van der Waals surface area contributed by atoms with Crippen molar-refractivity contribution in [3.63, 3.8) is 0 Å². The van der Waals surface area contributed by atoms with Gasteiger partial charge in [-0.2, -0.15) is 5.06 Å². The third-order valence-electron chi connectivity index (χ3n) is 2.57. The summed E-state index contributed by atoms with van der Waals surface area (Å²) in [6, 6.07) is 2.18. The van der Waals surface area contributed by atoms with Gasteiger partial charge in [-0.1, -0.05) is 0 Å². The Hall–Kier alpha value is -0.800. The van der Waals surface area contributed by atoms with Crippen molar-refractivity contribution >= 4 is 0 Å². The number of aryl methyl sites for hydroxylation is 2. The highest BCUT2D eigenvalue weighted by atomic mass is 16.5. The van der Waals surface area contributed by atoms with Crippen molar-refractivity contribution in [1.82, 2.24) is 10.0 Å². The Bertz CT molecular complexity index is 268. The Morgan fingerprint density at radius 1 is 1.46 bits per heavy atom. The van der Waals surface area contributed by atoms with Gasteiger partial charge in [0.15, 0.2) is 0 Å². The van der Waals surface area contributed by atoms with E-state index in [4.69, 9.17) is 5.21 Å². The molecule has 0 amide bonds. The number of aromatic amines is 1. The minimum absolute atomic E-state index is 0.590. The van der Waals surface area contributed by atoms with Gasteiger partial charge in [0.2, 0.25) is 0 Å². The Morgan fingerprint density at radius 3 is 2.92 bits per heavy atom. The fourth-order valence-corrected chi connectivity index (χ4v) is 2.00. The van der Waals surface area contributed by atoms with Gasteiger partial charge < -0.3 is 10.2 Å². The third kappa shape index (κ3) is 1.92. The van der Waals surface area contributed by atoms with Crippen molar-refractivity contribution in [3.05, 3.63) is 23.0 Å². The monoisotopic (exact) mass is 180 g/mol. The summed E-state index contributed by atoms with van der Waals surface area (Å²) in [5, 5.41) is 10.3. The van der Waals surface area contributed by atoms with E-state index in [2.05, 4.69) is 11.1 Å². The average molecular weight is 180 g/mol. The fraction of sp³-hybridized carbons (Fsp3) is 0.600. The van der Waals surface area contributed by atoms with Gasteiger partial charge in [0.25, 0.3) is 0 Å². The van der Waals surface area contributed by atoms with Crippen molar-refractivity contribution in [2.75, 3.05) is 7.05 Å². The molecule has 72 valence electrons. The average Bonchev–Trinajstić information content (AvgIpc) is 2.44. The highest BCUT2D eigenvalue weighted by Crippen LogP contribution is 2.21. The van der Waals surface area contributed by atoms with Crippen LogP contribution in [0.1, 0.15) is 29.8 Å². The number of nitrogens with one attached hydrogen (secondary N) is 1. The molecule has 2 N–H and O–H groups in total. The van der Waals surface area contributed by atoms with Crippen molar-refractivity contribution in [2.45, 2.75) is 32.2 Å². The van der Waals surface area contributed by atoms with Crippen LogP contribution >= 0.6 is 0 Å². The van der Waals surface area contributed by atoms with E-state index in [1.165, 1.54) is 42.0 Å². The van der Waals surface area contributed by atoms with Crippen molar-refractivity contribution < 1.29 is 5.21 Å². The van der Waals surface area contributed by atoms with Crippen LogP contribution in [0.5, 0.6) is 0 Å². The van der Waals surface area contributed by atoms with Gasteiger partial charge in [-0.3, -0.25) is 0 Å². The Balaban J connectivity index is 2.15. The molecule has 1 aromatic heterocycles. The van der Waals surface area contributed by atoms with Crippen LogP contribution in [0.15, 0.2) is 6.07 Å². The largest absolute Gasteiger partial charge is 0.361 e. The molecular formula is C10H16N2O. The standard InChI is InChI=1S/C10H16N2O/c1-12(13)7-9-6-8-4-2-3-5-10(8)11-9/h6,11,13H,2-5,7H2,1H3. The summed E-state index contributed by atoms with van der Waals surface area (Å²) in [5.41, 5.74) is 3.95. The second-order valence-corrected chi connectivity index (χ2v) is 3.82. The van der Waals surface area contributed by atoms with Crippen molar-refractivity contribution in [1.29, 1.82) is 0 Å². The fourth-order valence-electron chi connectivity index (χ4n) is 2.00. The molecule has 0 bridgehead atoms. The van der Waals surface area contributed by atoms with E-state index in [1.54, 1.807) is 7.05 Å². The molecule has 0 saturated heterocycles. The first-order valence-electron chi connectivity index (χ1n) is 4.85. The summed E-state index contributed by atoms with van der Waals surface area (Å²) in [4.78, 5) is 3.36. The van der Waals surface area contributed by atoms with E-state index in [-0.39, 0.29) is 0 Å². The molecule has 1 aromatic rings. The smallest absolute Gasteiger partial charge is 0.0636 e. The summed E-state index contributed by atoms with van der Waals surface area (Å²) in [5.74, 6) is 0. The van der Waals surface area contributed by atoms with Crippen LogP contribution in [0.4, 0.5) is 0 Å². The maximum atomic E-state index is 9.08. The molecule has 2 rings (SSSR count). The zero-order valence-corrected chi connectivity index (χ0v) is 8.01. The molecule has 0 aromatic carbocycles. The summed E-state index contributed by atoms with van der Waals surface area (Å²) in [6.07, 6.45) is 4.96. The van der Waals surface area contributed by atoms with E-state index in [0.29, 0.717) is 6.54 Å². The molecular weight excluding hydrogens is 164 g/mol. The molecule has 13 heavy (non-hydrogen) atoms. The number of rotatable bonds is 2. The van der Waals surface area contributed by atoms with Gasteiger partial charge in [0, 0.05) is 18.4 Å². The lowest BCUT2D eigenvalue weighted by molar-refractivity contribution is -0.0739. The number of hydroxylamine groups is 2. The number of H-pyrrole nitrogens is 1. The normalized spacial score (nSPS) is 16.2. The lowest BCUT2D eigenvalue weighted by Gasteiger charge is -2.09. The number of hydrogen-bond acceptors (Lipinski definition) is 2. The zero-order valence-electron chi connectivity index (χ0n) is 8.01. The first-order chi connectivity index (χ1) is 6.25. The molecule has 0 aliphatic heterocycles. The van der Waals surface area contributed by atoms with Gasteiger partial charge in [0.1, 0.15) is 0 Å². The predicted octanol–water partition coefficient (Wildman–Crippen LogP) is 1.71. The van der Waals surface area contributed by atoms with Gasteiger partial charge >= 0.3 is 0 Å². The van der Waals surface area contributed by atoms with Crippen molar-refractivity contribution in [2.24, 2.45) is 0 Å². The molecule has 3 nitrogen and oxygen atoms in total. The molecule has 0 saturated carbocycles. The van der Waals surface area contributed by atoms with Crippen LogP contribution in [0, 0.1) is 0 Å². The van der Waals surface area contributed by atoms with E-state index in [0.717, 1.165) is 5.69 Å². The first kappa shape index (κ1) is 8.78. The van der Waals surface area contributed by atoms with Crippen LogP contribution < -0.4 is 0 Å². The van der Waals surface area contributed by atoms with E-state index < -0.39 is 0 Å². The van der Waals surface area contributed by atoms with Gasteiger partial charge in [-0.05, 0) is 37.3 Å². The molecule has 1 aliphatic rings. The molecule has 1 aliphatic carbocycles. The van der Waals surface area contributed by atoms with E-state index >= 15 is 0 Å². The quantitative estimate of drug-likeness (QED) is 0.680. The second-order valence-electron chi connectivity index (χ2n) is 3.82. The number of hydrogen-bond donors (Lipinski definition) is 2. The van der Waals surface area contributed by atoms with Crippen LogP contribution in [0.25, 0.3) is 0 Å². The molecule has 0 fully saturated rings. The van der Waals surface area contributed by atoms with E-state index in [1.807, 2.05) is 0 Å². The van der Waals surface area contributed by atoms with Gasteiger partial charge in [0.05, 0.1) is 6.54 Å². The number of nitrogens with zero attached hydrogens (tertiary/aromatic N) is 1. The SMILES string of the molecule is CN(O)Cc1cc2c([nH]1)CCCC2. The summed E-state index contributed by atoms with van der Waals surface area (Å²) in [7, 11) is 1.67. The predicted molar refractivity (Wildman–Crippen MR) is 50.7 cm³/mol. The van der Waals surface area contributed by atoms with Gasteiger partial charge in [-0.25, -0.2) is 0 Å². The zero-order chi connectivity index (χ0) is 9.26. The molecule has 0 unspecified atom stereocenters. The topological polar surface area (TPSA) is 39.3 Å². The molecule has 0 atom stereocenters. The number of fused-ring (bicyclic) bond motifs is 1. The second kappa shape index (κ2) is 3.52. The van der Waals surface area contributed by atoms with Crippen LogP contribution in [-0.4, -0.2) is 22.3 Å². The highest BCUT2D eigenvalue weighted by molar-refractivity contribution is 5.27. The molecule has 3 heteroatoms. The summed E-state index contributed by atoms with van der Waals surface area (Å²) < 4.78 is 0. The minimum Gasteiger partial charge on any atom is -0.361 e. The van der Waals surface area contributed by atoms with Crippen LogP contribution in [-0.2, 0) is 19.4 Å². The Morgan fingerprint density at radius 2 is 2.23 bits per heavy atom. The summed E-state index contributed by atoms with van der Waals surface area (Å²) >= 11 is 0. The summed E-state index contributed by atoms with van der Waals surface area (Å²) in [6.45, 7) is 0.590. The lowest BCUT2D eigenvalue weighted by atomic mass is 9.98. The first-order valence-corrected chi connectivity index (χ1v) is 4.85. The Labute approximate surface area is 78.3 Å². The molecule has 0 radical (unpaired) electrons. The van der Waals surface area contributed by atoms with Gasteiger partial charge in [-0.15, -0.1) is 0 Å². The maximum Gasteiger partial charge on any atom is 0.0636 e. The maximum absolute atomic E-state index is 9.08. The number of aromatic nitrogens is 1. The van der Waals surface area contributed by atoms with Crippen molar-refractivity contribution in [3.8, 4) is 0 Å². The van der Waals surface area contributed by atoms with Crippen LogP contribution in [0.2, 0.25) is 0 Å². The lowest BCUT2D eigenvalue weighted by Crippen LogP contribution is -2.11. The van der Waals surface area contributed by atoms with Crippen LogP contribution in [0.3, 0.4) is 0 Å². The molecule has 0 spiro atoms. The Kier molecular flexibility index (Phi) is 2.38. The minimum atomic E-state index is 0.590. The van der Waals surface area contributed by atoms with E-state index in [9.17, 15) is 0 Å². The molecule has 1 heterocycles. The third-order valence-corrected chi connectivity index (χ3v) is 2.57. The highest BCUT2D eigenvalue weighted by Gasteiger charge is 2.12.